The van der Waals surface area contributed by atoms with Crippen LogP contribution in [0.15, 0.2) is 108 Å². The normalized spacial score (nSPS) is 29.7. The number of carbonyl (C=O) groups is 4. The summed E-state index contributed by atoms with van der Waals surface area (Å²) in [6.45, 7) is 13.2. The number of aromatic nitrogens is 1. The van der Waals surface area contributed by atoms with Gasteiger partial charge in [-0.25, -0.2) is 9.59 Å². The molecule has 1 saturated heterocycles. The predicted octanol–water partition coefficient (Wildman–Crippen LogP) is 7.82. The third kappa shape index (κ3) is 8.59. The van der Waals surface area contributed by atoms with E-state index in [1.54, 1.807) is 56.4 Å². The van der Waals surface area contributed by atoms with E-state index >= 15 is 0 Å². The van der Waals surface area contributed by atoms with Gasteiger partial charge in [-0.05, 0) is 87.9 Å². The molecule has 6 rings (SSSR count). The number of hydrogen-bond donors (Lipinski definition) is 0. The lowest BCUT2D eigenvalue weighted by Crippen LogP contribution is -2.52. The summed E-state index contributed by atoms with van der Waals surface area (Å²) in [5, 5.41) is 0. The number of allylic oxidation sites excluding steroid dienone is 2. The first-order chi connectivity index (χ1) is 26.2. The minimum absolute atomic E-state index is 0.0427. The zero-order chi connectivity index (χ0) is 39.5. The van der Waals surface area contributed by atoms with Gasteiger partial charge in [0.15, 0.2) is 6.10 Å². The SMILES string of the molecule is CC(C)=C1C2[C@H](OC(=O)Cc3ccccc3)[C@@H](OC(=O)c3cccnc3)/C(C)=C/CC[C@]3(C)O[C@H]3C(OC(=O)C(C)C)[C@@]2(C)C[C@H]1OC(=O)c1ccccc1. The molecule has 1 saturated carbocycles. The average Bonchev–Trinajstić information content (AvgIpc) is 3.73. The first-order valence-corrected chi connectivity index (χ1v) is 19.0. The fourth-order valence-corrected chi connectivity index (χ4v) is 8.24. The molecule has 10 heteroatoms. The summed E-state index contributed by atoms with van der Waals surface area (Å²) in [6.07, 6.45) is 1.91. The van der Waals surface area contributed by atoms with Crippen molar-refractivity contribution in [2.45, 2.75) is 110 Å². The molecular formula is C45H51NO9. The number of hydrogen-bond acceptors (Lipinski definition) is 10. The van der Waals surface area contributed by atoms with Crippen molar-refractivity contribution in [3.8, 4) is 0 Å². The van der Waals surface area contributed by atoms with E-state index in [1.165, 1.54) is 6.20 Å². The summed E-state index contributed by atoms with van der Waals surface area (Å²) in [7, 11) is 0. The van der Waals surface area contributed by atoms with Crippen molar-refractivity contribution in [1.29, 1.82) is 0 Å². The maximum absolute atomic E-state index is 14.2. The van der Waals surface area contributed by atoms with E-state index in [0.717, 1.165) is 11.1 Å². The standard InChI is InChI=1S/C45H51NO9/c1-27(2)35-33(51-42(49)31-19-12-9-13-20-31)25-44(6)36(35)38(52-34(47)24-30-17-10-8-11-18-30)37(53-43(50)32-21-15-23-46-26-32)29(5)16-14-22-45(7)40(55-45)39(44)54-41(48)28(3)4/h8-13,15-21,23,26,28,33,36-40H,14,22,24-25H2,1-7H3/b29-16+/t33-,36?,37+,38+,39?,40+,44+,45+/m1/s1. The van der Waals surface area contributed by atoms with Crippen LogP contribution >= 0.6 is 0 Å². The highest BCUT2D eigenvalue weighted by Gasteiger charge is 2.68. The third-order valence-corrected chi connectivity index (χ3v) is 11.2. The van der Waals surface area contributed by atoms with Gasteiger partial charge in [0.05, 0.1) is 29.1 Å². The van der Waals surface area contributed by atoms with Crippen LogP contribution in [0.4, 0.5) is 0 Å². The number of rotatable bonds is 9. The predicted molar refractivity (Wildman–Crippen MR) is 205 cm³/mol. The quantitative estimate of drug-likeness (QED) is 0.0924. The Labute approximate surface area is 323 Å². The zero-order valence-electron chi connectivity index (χ0n) is 32.7. The summed E-state index contributed by atoms with van der Waals surface area (Å²) in [6, 6.07) is 21.3. The van der Waals surface area contributed by atoms with Crippen LogP contribution in [0.3, 0.4) is 0 Å². The van der Waals surface area contributed by atoms with Crippen LogP contribution in [0.25, 0.3) is 0 Å². The van der Waals surface area contributed by atoms with Gasteiger partial charge in [-0.1, -0.05) is 81.0 Å². The number of nitrogens with zero attached hydrogens (tertiary/aromatic N) is 1. The zero-order valence-corrected chi connectivity index (χ0v) is 32.7. The molecule has 2 fully saturated rings. The van der Waals surface area contributed by atoms with Crippen molar-refractivity contribution in [2.75, 3.05) is 0 Å². The van der Waals surface area contributed by atoms with Crippen LogP contribution in [-0.4, -0.2) is 65.0 Å². The molecule has 290 valence electrons. The van der Waals surface area contributed by atoms with Crippen LogP contribution in [0.1, 0.15) is 94.0 Å². The Kier molecular flexibility index (Phi) is 11.8. The molecule has 0 N–H and O–H groups in total. The van der Waals surface area contributed by atoms with Crippen molar-refractivity contribution in [2.24, 2.45) is 17.3 Å². The van der Waals surface area contributed by atoms with Crippen LogP contribution in [0, 0.1) is 17.3 Å². The Hall–Kier alpha value is -5.09. The maximum Gasteiger partial charge on any atom is 0.340 e. The summed E-state index contributed by atoms with van der Waals surface area (Å²) >= 11 is 0. The molecule has 55 heavy (non-hydrogen) atoms. The molecule has 2 aromatic carbocycles. The fraction of sp³-hybridized carbons (Fsp3) is 0.444. The van der Waals surface area contributed by atoms with Gasteiger partial charge in [0.25, 0.3) is 0 Å². The van der Waals surface area contributed by atoms with Crippen LogP contribution < -0.4 is 0 Å². The second-order valence-corrected chi connectivity index (χ2v) is 15.9. The maximum atomic E-state index is 14.2. The second kappa shape index (κ2) is 16.3. The van der Waals surface area contributed by atoms with E-state index in [0.29, 0.717) is 29.6 Å². The molecule has 1 aliphatic heterocycles. The summed E-state index contributed by atoms with van der Waals surface area (Å²) < 4.78 is 32.4. The molecule has 1 aromatic heterocycles. The van der Waals surface area contributed by atoms with Crippen LogP contribution in [0.2, 0.25) is 0 Å². The number of fused-ring (bicyclic) bond motifs is 2. The average molecular weight is 750 g/mol. The van der Waals surface area contributed by atoms with E-state index in [4.69, 9.17) is 23.7 Å². The minimum Gasteiger partial charge on any atom is -0.459 e. The Morgan fingerprint density at radius 3 is 2.15 bits per heavy atom. The number of pyridine rings is 1. The van der Waals surface area contributed by atoms with Crippen molar-refractivity contribution in [1.82, 2.24) is 4.98 Å². The minimum atomic E-state index is -1.15. The van der Waals surface area contributed by atoms with Crippen LogP contribution in [-0.2, 0) is 39.7 Å². The molecule has 2 heterocycles. The Morgan fingerprint density at radius 1 is 0.855 bits per heavy atom. The molecule has 0 amide bonds. The van der Waals surface area contributed by atoms with Gasteiger partial charge in [0, 0.05) is 23.7 Å². The lowest BCUT2D eigenvalue weighted by molar-refractivity contribution is -0.174. The molecule has 8 atom stereocenters. The molecule has 0 radical (unpaired) electrons. The highest BCUT2D eigenvalue weighted by Crippen LogP contribution is 2.60. The van der Waals surface area contributed by atoms with Gasteiger partial charge in [-0.15, -0.1) is 0 Å². The Bertz CT molecular complexity index is 1940. The van der Waals surface area contributed by atoms with E-state index in [9.17, 15) is 19.2 Å². The number of epoxide rings is 1. The number of benzene rings is 2. The Balaban J connectivity index is 1.55. The highest BCUT2D eigenvalue weighted by atomic mass is 16.6. The lowest BCUT2D eigenvalue weighted by Gasteiger charge is -2.43. The summed E-state index contributed by atoms with van der Waals surface area (Å²) in [4.78, 5) is 59.7. The van der Waals surface area contributed by atoms with Gasteiger partial charge >= 0.3 is 23.9 Å². The van der Waals surface area contributed by atoms with E-state index in [-0.39, 0.29) is 18.4 Å². The van der Waals surface area contributed by atoms with Crippen molar-refractivity contribution in [3.63, 3.8) is 0 Å². The third-order valence-electron chi connectivity index (χ3n) is 11.2. The smallest absolute Gasteiger partial charge is 0.340 e. The molecule has 2 aliphatic carbocycles. The molecule has 3 aliphatic rings. The molecule has 0 spiro atoms. The summed E-state index contributed by atoms with van der Waals surface area (Å²) in [5.41, 5.74) is 1.85. The van der Waals surface area contributed by atoms with Crippen LogP contribution in [0.5, 0.6) is 0 Å². The van der Waals surface area contributed by atoms with E-state index < -0.39 is 77.2 Å². The fourth-order valence-electron chi connectivity index (χ4n) is 8.24. The summed E-state index contributed by atoms with van der Waals surface area (Å²) in [5.74, 6) is -3.34. The molecule has 3 aromatic rings. The van der Waals surface area contributed by atoms with Crippen molar-refractivity contribution < 1.29 is 42.9 Å². The van der Waals surface area contributed by atoms with Crippen molar-refractivity contribution in [3.05, 3.63) is 125 Å². The molecular weight excluding hydrogens is 698 g/mol. The number of ether oxygens (including phenoxy) is 5. The molecule has 0 bridgehead atoms. The van der Waals surface area contributed by atoms with Gasteiger partial charge in [0.1, 0.15) is 24.4 Å². The molecule has 2 unspecified atom stereocenters. The first-order valence-electron chi connectivity index (χ1n) is 19.0. The number of carbonyl (C=O) groups excluding carboxylic acids is 4. The van der Waals surface area contributed by atoms with Crippen molar-refractivity contribution >= 4 is 23.9 Å². The monoisotopic (exact) mass is 749 g/mol. The van der Waals surface area contributed by atoms with E-state index in [2.05, 4.69) is 4.98 Å². The Morgan fingerprint density at radius 2 is 1.51 bits per heavy atom. The number of esters is 4. The molecule has 10 nitrogen and oxygen atoms in total. The topological polar surface area (TPSA) is 131 Å². The van der Waals surface area contributed by atoms with Gasteiger partial charge in [-0.3, -0.25) is 14.6 Å². The second-order valence-electron chi connectivity index (χ2n) is 15.9. The lowest BCUT2D eigenvalue weighted by atomic mass is 9.67. The van der Waals surface area contributed by atoms with Gasteiger partial charge in [0.2, 0.25) is 0 Å². The van der Waals surface area contributed by atoms with Gasteiger partial charge in [-0.2, -0.15) is 0 Å². The highest BCUT2D eigenvalue weighted by molar-refractivity contribution is 5.90. The first kappa shape index (κ1) is 39.6. The van der Waals surface area contributed by atoms with E-state index in [1.807, 2.05) is 77.1 Å². The van der Waals surface area contributed by atoms with Gasteiger partial charge < -0.3 is 23.7 Å². The largest absolute Gasteiger partial charge is 0.459 e.